The zero-order valence-corrected chi connectivity index (χ0v) is 15.7. The standard InChI is InChI=1S/C20H19F3N4O2/c1-11-5-6-13(8-12(11)2)24-19(28)15-10-18-25-14(16-4-3-7-29-16)9-17(20(21,22)23)27(18)26-15/h3-8,10,14,17,25H,9H2,1-2H3,(H,24,28)/t14-,17+/m1/s1. The van der Waals surface area contributed by atoms with Crippen LogP contribution in [0.4, 0.5) is 24.7 Å². The Kier molecular flexibility index (Phi) is 4.60. The third-order valence-corrected chi connectivity index (χ3v) is 5.07. The predicted molar refractivity (Wildman–Crippen MR) is 101 cm³/mol. The Bertz CT molecular complexity index is 1040. The number of benzene rings is 1. The van der Waals surface area contributed by atoms with Gasteiger partial charge in [-0.3, -0.25) is 4.79 Å². The van der Waals surface area contributed by atoms with Crippen LogP contribution in [0.25, 0.3) is 0 Å². The lowest BCUT2D eigenvalue weighted by Gasteiger charge is -2.32. The van der Waals surface area contributed by atoms with Crippen molar-refractivity contribution in [1.29, 1.82) is 0 Å². The first-order chi connectivity index (χ1) is 13.7. The highest BCUT2D eigenvalue weighted by atomic mass is 19.4. The largest absolute Gasteiger partial charge is 0.467 e. The number of carbonyl (C=O) groups excluding carboxylic acids is 1. The highest BCUT2D eigenvalue weighted by Gasteiger charge is 2.47. The van der Waals surface area contributed by atoms with Crippen molar-refractivity contribution in [3.05, 3.63) is 65.2 Å². The molecule has 1 aliphatic rings. The molecule has 29 heavy (non-hydrogen) atoms. The first kappa shape index (κ1) is 19.1. The molecule has 3 aromatic rings. The summed E-state index contributed by atoms with van der Waals surface area (Å²) in [4.78, 5) is 12.6. The van der Waals surface area contributed by atoms with Crippen LogP contribution in [0.15, 0.2) is 47.1 Å². The number of hydrogen-bond acceptors (Lipinski definition) is 4. The maximum absolute atomic E-state index is 13.7. The van der Waals surface area contributed by atoms with Crippen LogP contribution in [0.5, 0.6) is 0 Å². The minimum Gasteiger partial charge on any atom is -0.467 e. The summed E-state index contributed by atoms with van der Waals surface area (Å²) in [6.45, 7) is 3.86. The molecule has 2 atom stereocenters. The van der Waals surface area contributed by atoms with E-state index in [2.05, 4.69) is 15.7 Å². The topological polar surface area (TPSA) is 72.1 Å². The van der Waals surface area contributed by atoms with Crippen LogP contribution in [0.1, 0.15) is 45.9 Å². The van der Waals surface area contributed by atoms with Crippen molar-refractivity contribution < 1.29 is 22.4 Å². The van der Waals surface area contributed by atoms with E-state index in [0.717, 1.165) is 15.8 Å². The molecule has 6 nitrogen and oxygen atoms in total. The van der Waals surface area contributed by atoms with Gasteiger partial charge in [0.1, 0.15) is 11.6 Å². The fraction of sp³-hybridized carbons (Fsp3) is 0.300. The molecule has 2 N–H and O–H groups in total. The molecule has 0 unspecified atom stereocenters. The Morgan fingerprint density at radius 3 is 2.69 bits per heavy atom. The molecule has 0 aliphatic carbocycles. The summed E-state index contributed by atoms with van der Waals surface area (Å²) >= 11 is 0. The second kappa shape index (κ2) is 6.98. The Labute approximate surface area is 164 Å². The maximum atomic E-state index is 13.7. The number of furan rings is 1. The molecule has 9 heteroatoms. The van der Waals surface area contributed by atoms with Gasteiger partial charge in [-0.05, 0) is 49.2 Å². The van der Waals surface area contributed by atoms with Crippen molar-refractivity contribution in [2.75, 3.05) is 10.6 Å². The highest BCUT2D eigenvalue weighted by molar-refractivity contribution is 6.03. The van der Waals surface area contributed by atoms with Gasteiger partial charge in [0.25, 0.3) is 5.91 Å². The van der Waals surface area contributed by atoms with Crippen molar-refractivity contribution >= 4 is 17.4 Å². The van der Waals surface area contributed by atoms with Gasteiger partial charge in [-0.2, -0.15) is 18.3 Å². The molecule has 0 spiro atoms. The molecule has 0 fully saturated rings. The quantitative estimate of drug-likeness (QED) is 0.644. The SMILES string of the molecule is Cc1ccc(NC(=O)c2cc3n(n2)[C@H](C(F)(F)F)C[C@H](c2ccco2)N3)cc1C. The van der Waals surface area contributed by atoms with Gasteiger partial charge in [0, 0.05) is 18.2 Å². The lowest BCUT2D eigenvalue weighted by molar-refractivity contribution is -0.174. The van der Waals surface area contributed by atoms with Gasteiger partial charge < -0.3 is 15.1 Å². The second-order valence-corrected chi connectivity index (χ2v) is 7.12. The van der Waals surface area contributed by atoms with Crippen LogP contribution in [-0.2, 0) is 0 Å². The molecule has 1 aliphatic heterocycles. The summed E-state index contributed by atoms with van der Waals surface area (Å²) in [7, 11) is 0. The van der Waals surface area contributed by atoms with E-state index < -0.39 is 24.2 Å². The van der Waals surface area contributed by atoms with Crippen molar-refractivity contribution in [1.82, 2.24) is 9.78 Å². The van der Waals surface area contributed by atoms with Gasteiger partial charge in [-0.25, -0.2) is 4.68 Å². The summed E-state index contributed by atoms with van der Waals surface area (Å²) < 4.78 is 47.1. The summed E-state index contributed by atoms with van der Waals surface area (Å²) in [5.74, 6) is -0.0644. The van der Waals surface area contributed by atoms with Crippen molar-refractivity contribution in [2.24, 2.45) is 0 Å². The molecule has 2 aromatic heterocycles. The van der Waals surface area contributed by atoms with Gasteiger partial charge in [0.15, 0.2) is 11.7 Å². The summed E-state index contributed by atoms with van der Waals surface area (Å²) in [5, 5.41) is 9.61. The van der Waals surface area contributed by atoms with Crippen LogP contribution in [0.2, 0.25) is 0 Å². The molecular weight excluding hydrogens is 385 g/mol. The average molecular weight is 404 g/mol. The van der Waals surface area contributed by atoms with Crippen molar-refractivity contribution in [3.63, 3.8) is 0 Å². The number of rotatable bonds is 3. The minimum absolute atomic E-state index is 0.0972. The summed E-state index contributed by atoms with van der Waals surface area (Å²) in [6, 6.07) is 7.42. The zero-order chi connectivity index (χ0) is 20.8. The van der Waals surface area contributed by atoms with Crippen LogP contribution in [0, 0.1) is 13.8 Å². The number of nitrogens with zero attached hydrogens (tertiary/aromatic N) is 2. The van der Waals surface area contributed by atoms with Gasteiger partial charge in [0.2, 0.25) is 0 Å². The van der Waals surface area contributed by atoms with Gasteiger partial charge in [-0.15, -0.1) is 0 Å². The van der Waals surface area contributed by atoms with Gasteiger partial charge >= 0.3 is 6.18 Å². The molecule has 0 saturated heterocycles. The Morgan fingerprint density at radius 1 is 1.24 bits per heavy atom. The smallest absolute Gasteiger partial charge is 0.410 e. The number of carbonyl (C=O) groups is 1. The number of alkyl halides is 3. The Morgan fingerprint density at radius 2 is 2.03 bits per heavy atom. The number of aromatic nitrogens is 2. The van der Waals surface area contributed by atoms with Crippen molar-refractivity contribution in [2.45, 2.75) is 38.5 Å². The number of amides is 1. The number of halogens is 3. The maximum Gasteiger partial charge on any atom is 0.410 e. The van der Waals surface area contributed by atoms with E-state index in [1.54, 1.807) is 24.3 Å². The molecule has 1 amide bonds. The normalized spacial score (nSPS) is 18.8. The lowest BCUT2D eigenvalue weighted by atomic mass is 10.0. The van der Waals surface area contributed by atoms with Gasteiger partial charge in [-0.1, -0.05) is 6.07 Å². The number of aryl methyl sites for hydroxylation is 2. The van der Waals surface area contributed by atoms with E-state index in [0.29, 0.717) is 11.4 Å². The fourth-order valence-electron chi connectivity index (χ4n) is 3.37. The number of hydrogen-bond donors (Lipinski definition) is 2. The molecule has 1 aromatic carbocycles. The van der Waals surface area contributed by atoms with E-state index in [1.807, 2.05) is 19.9 Å². The zero-order valence-electron chi connectivity index (χ0n) is 15.7. The fourth-order valence-corrected chi connectivity index (χ4v) is 3.37. The van der Waals surface area contributed by atoms with E-state index in [4.69, 9.17) is 4.42 Å². The molecule has 3 heterocycles. The minimum atomic E-state index is -4.52. The first-order valence-electron chi connectivity index (χ1n) is 9.07. The third-order valence-electron chi connectivity index (χ3n) is 5.07. The Balaban J connectivity index is 1.63. The van der Waals surface area contributed by atoms with E-state index in [-0.39, 0.29) is 17.9 Å². The second-order valence-electron chi connectivity index (χ2n) is 7.12. The third kappa shape index (κ3) is 3.72. The van der Waals surface area contributed by atoms with E-state index >= 15 is 0 Å². The van der Waals surface area contributed by atoms with Crippen LogP contribution in [0.3, 0.4) is 0 Å². The molecule has 0 radical (unpaired) electrons. The van der Waals surface area contributed by atoms with Crippen LogP contribution < -0.4 is 10.6 Å². The first-order valence-corrected chi connectivity index (χ1v) is 9.07. The molecule has 152 valence electrons. The molecule has 0 bridgehead atoms. The number of fused-ring (bicyclic) bond motifs is 1. The number of nitrogens with one attached hydrogen (secondary N) is 2. The summed E-state index contributed by atoms with van der Waals surface area (Å²) in [5.41, 5.74) is 2.52. The molecular formula is C20H19F3N4O2. The Hall–Kier alpha value is -3.23. The highest BCUT2D eigenvalue weighted by Crippen LogP contribution is 2.43. The van der Waals surface area contributed by atoms with Crippen LogP contribution in [-0.4, -0.2) is 21.9 Å². The monoisotopic (exact) mass is 404 g/mol. The average Bonchev–Trinajstić information content (AvgIpc) is 3.32. The van der Waals surface area contributed by atoms with E-state index in [9.17, 15) is 18.0 Å². The lowest BCUT2D eigenvalue weighted by Crippen LogP contribution is -2.35. The number of anilines is 2. The van der Waals surface area contributed by atoms with E-state index in [1.165, 1.54) is 12.3 Å². The summed E-state index contributed by atoms with van der Waals surface area (Å²) in [6.07, 6.45) is -3.40. The molecule has 0 saturated carbocycles. The predicted octanol–water partition coefficient (Wildman–Crippen LogP) is 5.01. The molecule has 4 rings (SSSR count). The van der Waals surface area contributed by atoms with Crippen LogP contribution >= 0.6 is 0 Å². The van der Waals surface area contributed by atoms with Gasteiger partial charge in [0.05, 0.1) is 12.3 Å². The van der Waals surface area contributed by atoms with Crippen molar-refractivity contribution in [3.8, 4) is 0 Å².